The fourth-order valence-electron chi connectivity index (χ4n) is 1.06. The SMILES string of the molecule is Cc1cc(=O)cc(CC(C)O)o1. The molecule has 1 N–H and O–H groups in total. The zero-order valence-corrected chi connectivity index (χ0v) is 7.20. The summed E-state index contributed by atoms with van der Waals surface area (Å²) in [6.45, 7) is 3.37. The van der Waals surface area contributed by atoms with Crippen LogP contribution in [0.25, 0.3) is 0 Å². The molecular formula is C9H12O3. The van der Waals surface area contributed by atoms with Crippen molar-refractivity contribution in [3.63, 3.8) is 0 Å². The summed E-state index contributed by atoms with van der Waals surface area (Å²) in [6, 6.07) is 2.82. The minimum absolute atomic E-state index is 0.0746. The lowest BCUT2D eigenvalue weighted by molar-refractivity contribution is 0.186. The standard InChI is InChI=1S/C9H12O3/c1-6(10)3-9-5-8(11)4-7(2)12-9/h4-6,10H,3H2,1-2H3. The quantitative estimate of drug-likeness (QED) is 0.712. The van der Waals surface area contributed by atoms with Crippen molar-refractivity contribution in [1.82, 2.24) is 0 Å². The lowest BCUT2D eigenvalue weighted by atomic mass is 10.2. The predicted octanol–water partition coefficient (Wildman–Crippen LogP) is 0.872. The summed E-state index contributed by atoms with van der Waals surface area (Å²) in [4.78, 5) is 11.0. The average Bonchev–Trinajstić information content (AvgIpc) is 1.81. The number of hydrogen-bond acceptors (Lipinski definition) is 3. The second-order valence-electron chi connectivity index (χ2n) is 2.92. The second-order valence-corrected chi connectivity index (χ2v) is 2.92. The van der Waals surface area contributed by atoms with Gasteiger partial charge in [-0.3, -0.25) is 4.79 Å². The summed E-state index contributed by atoms with van der Waals surface area (Å²) in [5, 5.41) is 9.03. The third kappa shape index (κ3) is 2.51. The van der Waals surface area contributed by atoms with Crippen LogP contribution in [0.2, 0.25) is 0 Å². The smallest absolute Gasteiger partial charge is 0.185 e. The highest BCUT2D eigenvalue weighted by Crippen LogP contribution is 2.03. The second kappa shape index (κ2) is 3.54. The number of rotatable bonds is 2. The molecule has 0 amide bonds. The predicted molar refractivity (Wildman–Crippen MR) is 45.1 cm³/mol. The molecule has 0 saturated heterocycles. The van der Waals surface area contributed by atoms with E-state index in [2.05, 4.69) is 0 Å². The fourth-order valence-corrected chi connectivity index (χ4v) is 1.06. The van der Waals surface area contributed by atoms with E-state index in [4.69, 9.17) is 9.52 Å². The molecule has 1 aromatic rings. The van der Waals surface area contributed by atoms with Crippen LogP contribution in [-0.4, -0.2) is 11.2 Å². The van der Waals surface area contributed by atoms with Crippen LogP contribution in [0.3, 0.4) is 0 Å². The first-order chi connectivity index (χ1) is 5.58. The highest BCUT2D eigenvalue weighted by Gasteiger charge is 2.02. The van der Waals surface area contributed by atoms with Gasteiger partial charge in [-0.2, -0.15) is 0 Å². The van der Waals surface area contributed by atoms with Gasteiger partial charge in [0.1, 0.15) is 11.5 Å². The Labute approximate surface area is 70.7 Å². The summed E-state index contributed by atoms with van der Waals surface area (Å²) in [6.07, 6.45) is -0.0911. The largest absolute Gasteiger partial charge is 0.466 e. The molecule has 1 unspecified atom stereocenters. The molecule has 0 bridgehead atoms. The number of aliphatic hydroxyl groups is 1. The van der Waals surface area contributed by atoms with Crippen LogP contribution in [0, 0.1) is 6.92 Å². The fraction of sp³-hybridized carbons (Fsp3) is 0.444. The molecule has 3 nitrogen and oxygen atoms in total. The van der Waals surface area contributed by atoms with Gasteiger partial charge in [0.2, 0.25) is 0 Å². The molecule has 0 aromatic carbocycles. The van der Waals surface area contributed by atoms with Crippen molar-refractivity contribution in [1.29, 1.82) is 0 Å². The molecule has 1 rings (SSSR count). The van der Waals surface area contributed by atoms with Gasteiger partial charge in [0.25, 0.3) is 0 Å². The van der Waals surface area contributed by atoms with Crippen LogP contribution in [0.4, 0.5) is 0 Å². The van der Waals surface area contributed by atoms with Crippen LogP contribution in [-0.2, 0) is 6.42 Å². The van der Waals surface area contributed by atoms with Gasteiger partial charge in [0.15, 0.2) is 5.43 Å². The van der Waals surface area contributed by atoms with Crippen molar-refractivity contribution in [3.8, 4) is 0 Å². The first kappa shape index (κ1) is 9.00. The summed E-state index contributed by atoms with van der Waals surface area (Å²) in [5.41, 5.74) is -0.0746. The molecular weight excluding hydrogens is 156 g/mol. The van der Waals surface area contributed by atoms with E-state index >= 15 is 0 Å². The Morgan fingerprint density at radius 1 is 1.58 bits per heavy atom. The molecule has 3 heteroatoms. The van der Waals surface area contributed by atoms with Crippen molar-refractivity contribution < 1.29 is 9.52 Å². The van der Waals surface area contributed by atoms with Gasteiger partial charge in [-0.05, 0) is 13.8 Å². The van der Waals surface area contributed by atoms with Gasteiger partial charge in [0.05, 0.1) is 6.10 Å². The Morgan fingerprint density at radius 3 is 2.75 bits per heavy atom. The van der Waals surface area contributed by atoms with Gasteiger partial charge in [-0.15, -0.1) is 0 Å². The van der Waals surface area contributed by atoms with E-state index in [1.54, 1.807) is 13.8 Å². The van der Waals surface area contributed by atoms with Crippen LogP contribution in [0.5, 0.6) is 0 Å². The van der Waals surface area contributed by atoms with E-state index in [0.717, 1.165) is 0 Å². The minimum atomic E-state index is -0.477. The Hall–Kier alpha value is -1.09. The molecule has 66 valence electrons. The van der Waals surface area contributed by atoms with E-state index in [1.807, 2.05) is 0 Å². The van der Waals surface area contributed by atoms with E-state index in [1.165, 1.54) is 12.1 Å². The van der Waals surface area contributed by atoms with Crippen molar-refractivity contribution in [2.45, 2.75) is 26.4 Å². The normalized spacial score (nSPS) is 12.9. The van der Waals surface area contributed by atoms with Crippen molar-refractivity contribution in [3.05, 3.63) is 33.9 Å². The summed E-state index contributed by atoms with van der Waals surface area (Å²) in [7, 11) is 0. The Bertz CT molecular complexity index is 312. The lowest BCUT2D eigenvalue weighted by Gasteiger charge is -2.02. The van der Waals surface area contributed by atoms with Crippen molar-refractivity contribution in [2.24, 2.45) is 0 Å². The number of aryl methyl sites for hydroxylation is 1. The molecule has 0 spiro atoms. The molecule has 1 heterocycles. The molecule has 0 aliphatic carbocycles. The molecule has 1 atom stereocenters. The Balaban J connectivity index is 2.93. The topological polar surface area (TPSA) is 50.4 Å². The molecule has 0 fully saturated rings. The third-order valence-corrected chi connectivity index (χ3v) is 1.44. The maximum atomic E-state index is 11.0. The zero-order chi connectivity index (χ0) is 9.14. The highest BCUT2D eigenvalue weighted by molar-refractivity contribution is 5.05. The molecule has 1 aromatic heterocycles. The number of hydrogen-bond donors (Lipinski definition) is 1. The maximum Gasteiger partial charge on any atom is 0.185 e. The van der Waals surface area contributed by atoms with Gasteiger partial charge in [0, 0.05) is 18.6 Å². The molecule has 0 radical (unpaired) electrons. The zero-order valence-electron chi connectivity index (χ0n) is 7.20. The third-order valence-electron chi connectivity index (χ3n) is 1.44. The van der Waals surface area contributed by atoms with Crippen molar-refractivity contribution in [2.75, 3.05) is 0 Å². The number of aliphatic hydroxyl groups excluding tert-OH is 1. The first-order valence-electron chi connectivity index (χ1n) is 3.86. The van der Waals surface area contributed by atoms with E-state index < -0.39 is 6.10 Å². The molecule has 0 aliphatic heterocycles. The van der Waals surface area contributed by atoms with E-state index in [9.17, 15) is 4.79 Å². The lowest BCUT2D eigenvalue weighted by Crippen LogP contribution is -2.08. The van der Waals surface area contributed by atoms with Gasteiger partial charge in [-0.25, -0.2) is 0 Å². The van der Waals surface area contributed by atoms with Gasteiger partial charge < -0.3 is 9.52 Å². The van der Waals surface area contributed by atoms with Gasteiger partial charge in [-0.1, -0.05) is 0 Å². The Kier molecular flexibility index (Phi) is 2.65. The maximum absolute atomic E-state index is 11.0. The molecule has 0 saturated carbocycles. The van der Waals surface area contributed by atoms with Crippen LogP contribution >= 0.6 is 0 Å². The summed E-state index contributed by atoms with van der Waals surface area (Å²) in [5.74, 6) is 1.12. The van der Waals surface area contributed by atoms with Crippen molar-refractivity contribution >= 4 is 0 Å². The average molecular weight is 168 g/mol. The van der Waals surface area contributed by atoms with Crippen LogP contribution in [0.15, 0.2) is 21.3 Å². The van der Waals surface area contributed by atoms with Gasteiger partial charge >= 0.3 is 0 Å². The van der Waals surface area contributed by atoms with Crippen LogP contribution in [0.1, 0.15) is 18.4 Å². The monoisotopic (exact) mass is 168 g/mol. The summed E-state index contributed by atoms with van der Waals surface area (Å²) >= 11 is 0. The Morgan fingerprint density at radius 2 is 2.25 bits per heavy atom. The summed E-state index contributed by atoms with van der Waals surface area (Å²) < 4.78 is 5.21. The first-order valence-corrected chi connectivity index (χ1v) is 3.86. The van der Waals surface area contributed by atoms with Crippen LogP contribution < -0.4 is 5.43 Å². The molecule has 0 aliphatic rings. The van der Waals surface area contributed by atoms with E-state index in [0.29, 0.717) is 17.9 Å². The van der Waals surface area contributed by atoms with E-state index in [-0.39, 0.29) is 5.43 Å². The minimum Gasteiger partial charge on any atom is -0.466 e. The highest BCUT2D eigenvalue weighted by atomic mass is 16.3. The molecule has 12 heavy (non-hydrogen) atoms.